The molecule has 3 heteroatoms. The molecule has 21 heavy (non-hydrogen) atoms. The number of unbranched alkanes of at least 4 members (excludes halogenated alkanes) is 1. The fraction of sp³-hybridized carbons (Fsp3) is 0.667. The third-order valence-corrected chi connectivity index (χ3v) is 3.16. The molecule has 0 unspecified atom stereocenters. The van der Waals surface area contributed by atoms with Crippen molar-refractivity contribution in [3.8, 4) is 11.5 Å². The van der Waals surface area contributed by atoms with E-state index in [0.717, 1.165) is 24.5 Å². The molecule has 1 aromatic rings. The zero-order valence-electron chi connectivity index (χ0n) is 14.3. The maximum Gasteiger partial charge on any atom is 0.161 e. The molecule has 0 radical (unpaired) electrons. The van der Waals surface area contributed by atoms with Crippen molar-refractivity contribution in [2.24, 2.45) is 0 Å². The molecule has 0 fully saturated rings. The Kier molecular flexibility index (Phi) is 7.58. The standard InChI is InChI=1S/C18H31NO2/c1-6-20-16-12-11-15(14-17(16)21-7-2)10-8-9-13-19-18(3,4)5/h11-12,14,19H,6-10,13H2,1-5H3. The van der Waals surface area contributed by atoms with E-state index in [2.05, 4.69) is 38.2 Å². The van der Waals surface area contributed by atoms with Gasteiger partial charge in [0.05, 0.1) is 13.2 Å². The number of nitrogens with one attached hydrogen (secondary N) is 1. The molecule has 0 spiro atoms. The van der Waals surface area contributed by atoms with Crippen LogP contribution in [0.1, 0.15) is 53.0 Å². The number of hydrogen-bond acceptors (Lipinski definition) is 3. The average Bonchev–Trinajstić information content (AvgIpc) is 2.40. The Morgan fingerprint density at radius 3 is 2.24 bits per heavy atom. The lowest BCUT2D eigenvalue weighted by atomic mass is 10.1. The molecular weight excluding hydrogens is 262 g/mol. The van der Waals surface area contributed by atoms with E-state index in [1.807, 2.05) is 19.9 Å². The van der Waals surface area contributed by atoms with Crippen LogP contribution in [-0.4, -0.2) is 25.3 Å². The highest BCUT2D eigenvalue weighted by molar-refractivity contribution is 5.43. The molecule has 0 amide bonds. The summed E-state index contributed by atoms with van der Waals surface area (Å²) in [5.41, 5.74) is 1.53. The summed E-state index contributed by atoms with van der Waals surface area (Å²) in [6.45, 7) is 13.0. The summed E-state index contributed by atoms with van der Waals surface area (Å²) in [5.74, 6) is 1.71. The maximum absolute atomic E-state index is 5.67. The summed E-state index contributed by atoms with van der Waals surface area (Å²) in [5, 5.41) is 3.52. The molecule has 0 bridgehead atoms. The molecular formula is C18H31NO2. The zero-order chi connectivity index (χ0) is 15.7. The Labute approximate surface area is 130 Å². The Hall–Kier alpha value is -1.22. The lowest BCUT2D eigenvalue weighted by molar-refractivity contribution is 0.287. The second-order valence-electron chi connectivity index (χ2n) is 6.28. The molecule has 120 valence electrons. The van der Waals surface area contributed by atoms with Crippen molar-refractivity contribution < 1.29 is 9.47 Å². The van der Waals surface area contributed by atoms with Crippen LogP contribution in [0, 0.1) is 0 Å². The molecule has 0 aliphatic heterocycles. The molecule has 3 nitrogen and oxygen atoms in total. The third-order valence-electron chi connectivity index (χ3n) is 3.16. The second kappa shape index (κ2) is 8.93. The van der Waals surface area contributed by atoms with Gasteiger partial charge in [0.1, 0.15) is 0 Å². The molecule has 0 saturated heterocycles. The van der Waals surface area contributed by atoms with Gasteiger partial charge >= 0.3 is 0 Å². The first kappa shape index (κ1) is 17.8. The molecule has 0 heterocycles. The SMILES string of the molecule is CCOc1ccc(CCCCNC(C)(C)C)cc1OCC. The minimum atomic E-state index is 0.210. The monoisotopic (exact) mass is 293 g/mol. The lowest BCUT2D eigenvalue weighted by Crippen LogP contribution is -2.36. The van der Waals surface area contributed by atoms with Crippen molar-refractivity contribution in [2.75, 3.05) is 19.8 Å². The lowest BCUT2D eigenvalue weighted by Gasteiger charge is -2.20. The first-order valence-corrected chi connectivity index (χ1v) is 8.09. The largest absolute Gasteiger partial charge is 0.490 e. The summed E-state index contributed by atoms with van der Waals surface area (Å²) >= 11 is 0. The van der Waals surface area contributed by atoms with E-state index >= 15 is 0 Å². The number of benzene rings is 1. The van der Waals surface area contributed by atoms with Gasteiger partial charge < -0.3 is 14.8 Å². The molecule has 0 aromatic heterocycles. The summed E-state index contributed by atoms with van der Waals surface area (Å²) in [6.07, 6.45) is 3.45. The van der Waals surface area contributed by atoms with Gasteiger partial charge in [-0.15, -0.1) is 0 Å². The molecule has 0 aliphatic carbocycles. The van der Waals surface area contributed by atoms with E-state index in [9.17, 15) is 0 Å². The van der Waals surface area contributed by atoms with Gasteiger partial charge in [-0.05, 0) is 78.1 Å². The smallest absolute Gasteiger partial charge is 0.161 e. The first-order valence-electron chi connectivity index (χ1n) is 8.09. The van der Waals surface area contributed by atoms with E-state index in [1.165, 1.54) is 18.4 Å². The Balaban J connectivity index is 2.46. The topological polar surface area (TPSA) is 30.5 Å². The van der Waals surface area contributed by atoms with Crippen LogP contribution in [0.15, 0.2) is 18.2 Å². The van der Waals surface area contributed by atoms with Crippen molar-refractivity contribution in [3.05, 3.63) is 23.8 Å². The van der Waals surface area contributed by atoms with Gasteiger partial charge in [-0.3, -0.25) is 0 Å². The van der Waals surface area contributed by atoms with E-state index in [-0.39, 0.29) is 5.54 Å². The van der Waals surface area contributed by atoms with Crippen LogP contribution in [0.25, 0.3) is 0 Å². The quantitative estimate of drug-likeness (QED) is 0.692. The third kappa shape index (κ3) is 7.37. The van der Waals surface area contributed by atoms with Crippen LogP contribution in [0.5, 0.6) is 11.5 Å². The van der Waals surface area contributed by atoms with E-state index in [0.29, 0.717) is 13.2 Å². The van der Waals surface area contributed by atoms with Crippen LogP contribution >= 0.6 is 0 Å². The van der Waals surface area contributed by atoms with Crippen molar-refractivity contribution in [3.63, 3.8) is 0 Å². The maximum atomic E-state index is 5.67. The zero-order valence-corrected chi connectivity index (χ0v) is 14.3. The Bertz CT molecular complexity index is 410. The van der Waals surface area contributed by atoms with Crippen LogP contribution in [-0.2, 0) is 6.42 Å². The second-order valence-corrected chi connectivity index (χ2v) is 6.28. The van der Waals surface area contributed by atoms with Crippen LogP contribution < -0.4 is 14.8 Å². The van der Waals surface area contributed by atoms with E-state index in [4.69, 9.17) is 9.47 Å². The minimum absolute atomic E-state index is 0.210. The average molecular weight is 293 g/mol. The molecule has 0 atom stereocenters. The van der Waals surface area contributed by atoms with Gasteiger partial charge in [0.15, 0.2) is 11.5 Å². The van der Waals surface area contributed by atoms with Crippen LogP contribution in [0.3, 0.4) is 0 Å². The number of aryl methyl sites for hydroxylation is 1. The number of ether oxygens (including phenoxy) is 2. The van der Waals surface area contributed by atoms with E-state index < -0.39 is 0 Å². The predicted molar refractivity (Wildman–Crippen MR) is 89.5 cm³/mol. The number of rotatable bonds is 9. The summed E-state index contributed by atoms with van der Waals surface area (Å²) in [6, 6.07) is 6.29. The molecule has 0 saturated carbocycles. The normalized spacial score (nSPS) is 11.5. The Morgan fingerprint density at radius 2 is 1.62 bits per heavy atom. The molecule has 1 N–H and O–H groups in total. The van der Waals surface area contributed by atoms with Crippen molar-refractivity contribution >= 4 is 0 Å². The van der Waals surface area contributed by atoms with Crippen molar-refractivity contribution in [1.29, 1.82) is 0 Å². The molecule has 1 aromatic carbocycles. The highest BCUT2D eigenvalue weighted by atomic mass is 16.5. The molecule has 1 rings (SSSR count). The van der Waals surface area contributed by atoms with Gasteiger partial charge in [0.2, 0.25) is 0 Å². The van der Waals surface area contributed by atoms with E-state index in [1.54, 1.807) is 0 Å². The van der Waals surface area contributed by atoms with Gasteiger partial charge in [0.25, 0.3) is 0 Å². The van der Waals surface area contributed by atoms with Crippen molar-refractivity contribution in [1.82, 2.24) is 5.32 Å². The summed E-state index contributed by atoms with van der Waals surface area (Å²) < 4.78 is 11.3. The van der Waals surface area contributed by atoms with Gasteiger partial charge in [-0.25, -0.2) is 0 Å². The predicted octanol–water partition coefficient (Wildman–Crippen LogP) is 4.19. The van der Waals surface area contributed by atoms with Crippen LogP contribution in [0.4, 0.5) is 0 Å². The Morgan fingerprint density at radius 1 is 0.952 bits per heavy atom. The van der Waals surface area contributed by atoms with Crippen molar-refractivity contribution in [2.45, 2.75) is 59.4 Å². The fourth-order valence-corrected chi connectivity index (χ4v) is 2.17. The highest BCUT2D eigenvalue weighted by Crippen LogP contribution is 2.29. The highest BCUT2D eigenvalue weighted by Gasteiger charge is 2.08. The fourth-order valence-electron chi connectivity index (χ4n) is 2.17. The summed E-state index contributed by atoms with van der Waals surface area (Å²) in [4.78, 5) is 0. The van der Waals surface area contributed by atoms with Gasteiger partial charge in [0, 0.05) is 5.54 Å². The van der Waals surface area contributed by atoms with Crippen LogP contribution in [0.2, 0.25) is 0 Å². The van der Waals surface area contributed by atoms with Gasteiger partial charge in [-0.1, -0.05) is 6.07 Å². The minimum Gasteiger partial charge on any atom is -0.490 e. The number of hydrogen-bond donors (Lipinski definition) is 1. The van der Waals surface area contributed by atoms with Gasteiger partial charge in [-0.2, -0.15) is 0 Å². The first-order chi connectivity index (χ1) is 9.96. The summed E-state index contributed by atoms with van der Waals surface area (Å²) in [7, 11) is 0. The molecule has 0 aliphatic rings.